The Hall–Kier alpha value is -3.34. The van der Waals surface area contributed by atoms with Gasteiger partial charge in [-0.25, -0.2) is 4.79 Å². The number of methoxy groups -OCH3 is 1. The van der Waals surface area contributed by atoms with E-state index in [4.69, 9.17) is 9.47 Å². The molecule has 0 amide bonds. The second-order valence-electron chi connectivity index (χ2n) is 8.83. The SMILES string of the molecule is CC[C@@H](C)OC(=O)C1=C(C)NC2=C(C(=O)C[C@H](c3ccccc3)C2)[C@@H]1c1cccc(OC)c1. The summed E-state index contributed by atoms with van der Waals surface area (Å²) in [5, 5.41) is 3.41. The number of allylic oxidation sites excluding steroid dienone is 3. The van der Waals surface area contributed by atoms with Crippen molar-refractivity contribution < 1.29 is 19.1 Å². The van der Waals surface area contributed by atoms with Crippen LogP contribution in [0.25, 0.3) is 0 Å². The first-order valence-electron chi connectivity index (χ1n) is 11.6. The molecule has 1 aliphatic heterocycles. The van der Waals surface area contributed by atoms with E-state index in [1.54, 1.807) is 7.11 Å². The van der Waals surface area contributed by atoms with Crippen molar-refractivity contribution in [3.63, 3.8) is 0 Å². The lowest BCUT2D eigenvalue weighted by Gasteiger charge is -2.37. The monoisotopic (exact) mass is 445 g/mol. The summed E-state index contributed by atoms with van der Waals surface area (Å²) in [6, 6.07) is 17.7. The summed E-state index contributed by atoms with van der Waals surface area (Å²) in [7, 11) is 1.61. The lowest BCUT2D eigenvalue weighted by molar-refractivity contribution is -0.144. The van der Waals surface area contributed by atoms with Gasteiger partial charge in [-0.1, -0.05) is 49.4 Å². The maximum Gasteiger partial charge on any atom is 0.337 e. The highest BCUT2D eigenvalue weighted by molar-refractivity contribution is 6.04. The molecule has 1 heterocycles. The van der Waals surface area contributed by atoms with Crippen LogP contribution in [0.5, 0.6) is 5.75 Å². The number of hydrogen-bond donors (Lipinski definition) is 1. The van der Waals surface area contributed by atoms with E-state index in [0.29, 0.717) is 23.3 Å². The van der Waals surface area contributed by atoms with E-state index in [1.807, 2.05) is 63.2 Å². The molecule has 1 N–H and O–H groups in total. The van der Waals surface area contributed by atoms with Crippen LogP contribution in [0.15, 0.2) is 77.1 Å². The van der Waals surface area contributed by atoms with Gasteiger partial charge in [0.15, 0.2) is 5.78 Å². The molecule has 2 aromatic carbocycles. The summed E-state index contributed by atoms with van der Waals surface area (Å²) < 4.78 is 11.2. The van der Waals surface area contributed by atoms with Crippen molar-refractivity contribution in [2.75, 3.05) is 7.11 Å². The molecule has 0 saturated carbocycles. The van der Waals surface area contributed by atoms with Crippen LogP contribution in [-0.4, -0.2) is 25.0 Å². The van der Waals surface area contributed by atoms with E-state index in [-0.39, 0.29) is 23.8 Å². The summed E-state index contributed by atoms with van der Waals surface area (Å²) in [6.45, 7) is 5.75. The van der Waals surface area contributed by atoms with Gasteiger partial charge in [0.25, 0.3) is 0 Å². The zero-order chi connectivity index (χ0) is 23.5. The normalized spacial score (nSPS) is 21.3. The third-order valence-electron chi connectivity index (χ3n) is 6.63. The Morgan fingerprint density at radius 1 is 1.09 bits per heavy atom. The number of hydrogen-bond acceptors (Lipinski definition) is 5. The maximum atomic E-state index is 13.6. The third-order valence-corrected chi connectivity index (χ3v) is 6.63. The second kappa shape index (κ2) is 9.65. The quantitative estimate of drug-likeness (QED) is 0.603. The standard InChI is InChI=1S/C28H31NO4/c1-5-17(2)33-28(31)25-18(3)29-23-15-21(19-10-7-6-8-11-19)16-24(30)27(23)26(25)20-12-9-13-22(14-20)32-4/h6-14,17,21,26,29H,5,15-16H2,1-4H3/t17-,21-,26-/m1/s1. The molecule has 172 valence electrons. The average Bonchev–Trinajstić information content (AvgIpc) is 2.83. The van der Waals surface area contributed by atoms with Crippen LogP contribution in [0.2, 0.25) is 0 Å². The van der Waals surface area contributed by atoms with Gasteiger partial charge in [0.05, 0.1) is 18.8 Å². The van der Waals surface area contributed by atoms with Gasteiger partial charge in [-0.15, -0.1) is 0 Å². The smallest absolute Gasteiger partial charge is 0.337 e. The fourth-order valence-corrected chi connectivity index (χ4v) is 4.75. The van der Waals surface area contributed by atoms with E-state index < -0.39 is 5.92 Å². The molecule has 0 fully saturated rings. The zero-order valence-electron chi connectivity index (χ0n) is 19.7. The van der Waals surface area contributed by atoms with Crippen LogP contribution in [-0.2, 0) is 14.3 Å². The van der Waals surface area contributed by atoms with Crippen molar-refractivity contribution in [2.45, 2.75) is 58.0 Å². The van der Waals surface area contributed by atoms with Crippen LogP contribution in [0.1, 0.15) is 63.0 Å². The molecule has 0 spiro atoms. The molecule has 2 aromatic rings. The molecule has 4 rings (SSSR count). The highest BCUT2D eigenvalue weighted by Gasteiger charge is 2.41. The molecule has 33 heavy (non-hydrogen) atoms. The number of rotatable bonds is 6. The first-order valence-corrected chi connectivity index (χ1v) is 11.6. The molecule has 0 aromatic heterocycles. The molecule has 0 unspecified atom stereocenters. The van der Waals surface area contributed by atoms with Crippen molar-refractivity contribution >= 4 is 11.8 Å². The molecule has 0 bridgehead atoms. The van der Waals surface area contributed by atoms with Crippen molar-refractivity contribution in [2.24, 2.45) is 0 Å². The molecule has 2 aliphatic rings. The molecule has 1 aliphatic carbocycles. The van der Waals surface area contributed by atoms with Gasteiger partial charge >= 0.3 is 5.97 Å². The Morgan fingerprint density at radius 3 is 2.52 bits per heavy atom. The van der Waals surface area contributed by atoms with Gasteiger partial charge in [0.1, 0.15) is 5.75 Å². The van der Waals surface area contributed by atoms with Gasteiger partial charge < -0.3 is 14.8 Å². The zero-order valence-corrected chi connectivity index (χ0v) is 19.7. The molecular weight excluding hydrogens is 414 g/mol. The number of nitrogens with one attached hydrogen (secondary N) is 1. The summed E-state index contributed by atoms with van der Waals surface area (Å²) >= 11 is 0. The van der Waals surface area contributed by atoms with E-state index in [9.17, 15) is 9.59 Å². The van der Waals surface area contributed by atoms with Gasteiger partial charge in [-0.3, -0.25) is 4.79 Å². The molecule has 0 radical (unpaired) electrons. The molecule has 5 heteroatoms. The Morgan fingerprint density at radius 2 is 1.82 bits per heavy atom. The average molecular weight is 446 g/mol. The van der Waals surface area contributed by atoms with Crippen LogP contribution in [0, 0.1) is 0 Å². The van der Waals surface area contributed by atoms with E-state index in [2.05, 4.69) is 17.4 Å². The predicted molar refractivity (Wildman–Crippen MR) is 128 cm³/mol. The van der Waals surface area contributed by atoms with E-state index >= 15 is 0 Å². The highest BCUT2D eigenvalue weighted by atomic mass is 16.5. The fraction of sp³-hybridized carbons (Fsp3) is 0.357. The van der Waals surface area contributed by atoms with Crippen molar-refractivity contribution in [3.05, 3.63) is 88.3 Å². The molecule has 5 nitrogen and oxygen atoms in total. The third kappa shape index (κ3) is 4.58. The number of carbonyl (C=O) groups is 2. The molecular formula is C28H31NO4. The minimum absolute atomic E-state index is 0.0618. The van der Waals surface area contributed by atoms with Gasteiger partial charge in [0, 0.05) is 29.3 Å². The first-order chi connectivity index (χ1) is 15.9. The first kappa shape index (κ1) is 22.8. The number of esters is 1. The largest absolute Gasteiger partial charge is 0.497 e. The molecule has 0 saturated heterocycles. The summed E-state index contributed by atoms with van der Waals surface area (Å²) in [4.78, 5) is 26.9. The number of carbonyl (C=O) groups excluding carboxylic acids is 2. The molecule has 3 atom stereocenters. The topological polar surface area (TPSA) is 64.6 Å². The Kier molecular flexibility index (Phi) is 6.68. The van der Waals surface area contributed by atoms with Crippen LogP contribution in [0.3, 0.4) is 0 Å². The number of dihydropyridines is 1. The number of benzene rings is 2. The van der Waals surface area contributed by atoms with Gasteiger partial charge in [-0.05, 0) is 55.9 Å². The van der Waals surface area contributed by atoms with Crippen molar-refractivity contribution in [3.8, 4) is 5.75 Å². The number of ketones is 1. The fourth-order valence-electron chi connectivity index (χ4n) is 4.75. The van der Waals surface area contributed by atoms with E-state index in [0.717, 1.165) is 35.4 Å². The Bertz CT molecular complexity index is 1120. The van der Waals surface area contributed by atoms with Crippen LogP contribution >= 0.6 is 0 Å². The van der Waals surface area contributed by atoms with Crippen LogP contribution < -0.4 is 10.1 Å². The minimum Gasteiger partial charge on any atom is -0.497 e. The lowest BCUT2D eigenvalue weighted by Crippen LogP contribution is -2.36. The Balaban J connectivity index is 1.80. The summed E-state index contributed by atoms with van der Waals surface area (Å²) in [5.41, 5.74) is 4.79. The second-order valence-corrected chi connectivity index (χ2v) is 8.83. The van der Waals surface area contributed by atoms with Crippen molar-refractivity contribution in [1.82, 2.24) is 5.32 Å². The predicted octanol–water partition coefficient (Wildman–Crippen LogP) is 5.40. The van der Waals surface area contributed by atoms with Gasteiger partial charge in [0.2, 0.25) is 0 Å². The summed E-state index contributed by atoms with van der Waals surface area (Å²) in [6.07, 6.45) is 1.65. The minimum atomic E-state index is -0.489. The van der Waals surface area contributed by atoms with E-state index in [1.165, 1.54) is 0 Å². The van der Waals surface area contributed by atoms with Gasteiger partial charge in [-0.2, -0.15) is 0 Å². The Labute approximate surface area is 195 Å². The van der Waals surface area contributed by atoms with Crippen LogP contribution in [0.4, 0.5) is 0 Å². The number of ether oxygens (including phenoxy) is 2. The summed E-state index contributed by atoms with van der Waals surface area (Å²) in [5.74, 6) is -0.0150. The number of Topliss-reactive ketones (excluding diaryl/α,β-unsaturated/α-hetero) is 1. The lowest BCUT2D eigenvalue weighted by atomic mass is 9.71. The van der Waals surface area contributed by atoms with Crippen molar-refractivity contribution in [1.29, 1.82) is 0 Å². The highest BCUT2D eigenvalue weighted by Crippen LogP contribution is 2.46. The maximum absolute atomic E-state index is 13.6.